The number of aryl methyl sites for hydroxylation is 1. The fraction of sp³-hybridized carbons (Fsp3) is 0.150. The van der Waals surface area contributed by atoms with Gasteiger partial charge in [0.15, 0.2) is 0 Å². The van der Waals surface area contributed by atoms with E-state index >= 15 is 0 Å². The number of rotatable bonds is 5. The summed E-state index contributed by atoms with van der Waals surface area (Å²) >= 11 is 0. The molecule has 0 bridgehead atoms. The maximum atomic E-state index is 11.9. The van der Waals surface area contributed by atoms with Gasteiger partial charge in [-0.15, -0.1) is 0 Å². The van der Waals surface area contributed by atoms with Gasteiger partial charge in [-0.05, 0) is 49.7 Å². The molecule has 142 valence electrons. The first-order chi connectivity index (χ1) is 13.6. The molecule has 8 heteroatoms. The number of carbonyl (C=O) groups is 1. The number of pyridine rings is 1. The van der Waals surface area contributed by atoms with Crippen LogP contribution in [-0.2, 0) is 4.74 Å². The summed E-state index contributed by atoms with van der Waals surface area (Å²) in [5, 5.41) is 2.98. The first kappa shape index (κ1) is 19.0. The molecule has 0 spiro atoms. The number of aliphatic imine (C=N–C) groups is 1. The third kappa shape index (κ3) is 4.67. The Morgan fingerprint density at radius 2 is 2.11 bits per heavy atom. The zero-order chi connectivity index (χ0) is 19.9. The number of carbonyl (C=O) groups excluding carboxylic acids is 1. The standard InChI is InChI=1S/C20H20N6O2/c1-3-28-18(27)14-7-6-13(2)17(11-14)24-19(21)26-20-23-10-8-16(25-20)15-5-4-9-22-12-15/h4-12H,3H2,1-2H3,(H3,21,23,24,25,26). The molecule has 2 heterocycles. The predicted molar refractivity (Wildman–Crippen MR) is 107 cm³/mol. The molecular formula is C20H20N6O2. The average molecular weight is 376 g/mol. The summed E-state index contributed by atoms with van der Waals surface area (Å²) in [5.74, 6) is -0.0773. The zero-order valence-corrected chi connectivity index (χ0v) is 15.6. The van der Waals surface area contributed by atoms with Gasteiger partial charge in [-0.25, -0.2) is 14.8 Å². The highest BCUT2D eigenvalue weighted by Crippen LogP contribution is 2.19. The summed E-state index contributed by atoms with van der Waals surface area (Å²) < 4.78 is 5.03. The van der Waals surface area contributed by atoms with E-state index in [1.807, 2.05) is 19.1 Å². The van der Waals surface area contributed by atoms with Gasteiger partial charge >= 0.3 is 5.97 Å². The van der Waals surface area contributed by atoms with E-state index in [1.54, 1.807) is 49.8 Å². The van der Waals surface area contributed by atoms with Crippen LogP contribution in [0.1, 0.15) is 22.8 Å². The Bertz CT molecular complexity index is 1000. The van der Waals surface area contributed by atoms with Crippen molar-refractivity contribution in [3.63, 3.8) is 0 Å². The lowest BCUT2D eigenvalue weighted by atomic mass is 10.1. The van der Waals surface area contributed by atoms with Crippen molar-refractivity contribution >= 4 is 23.6 Å². The van der Waals surface area contributed by atoms with Gasteiger partial charge in [-0.3, -0.25) is 4.98 Å². The third-order valence-electron chi connectivity index (χ3n) is 3.83. The smallest absolute Gasteiger partial charge is 0.338 e. The van der Waals surface area contributed by atoms with E-state index in [0.29, 0.717) is 23.6 Å². The molecule has 0 aliphatic heterocycles. The summed E-state index contributed by atoms with van der Waals surface area (Å²) in [6.45, 7) is 3.96. The molecule has 3 aromatic rings. The average Bonchev–Trinajstić information content (AvgIpc) is 2.70. The van der Waals surface area contributed by atoms with Crippen molar-refractivity contribution in [2.45, 2.75) is 13.8 Å². The van der Waals surface area contributed by atoms with Crippen molar-refractivity contribution in [2.24, 2.45) is 10.7 Å². The molecule has 2 aromatic heterocycles. The van der Waals surface area contributed by atoms with Crippen molar-refractivity contribution in [1.82, 2.24) is 15.0 Å². The van der Waals surface area contributed by atoms with Gasteiger partial charge in [0.2, 0.25) is 5.96 Å². The second-order valence-corrected chi connectivity index (χ2v) is 5.86. The highest BCUT2D eigenvalue weighted by Gasteiger charge is 2.10. The zero-order valence-electron chi connectivity index (χ0n) is 15.6. The molecule has 0 saturated carbocycles. The van der Waals surface area contributed by atoms with E-state index < -0.39 is 5.97 Å². The van der Waals surface area contributed by atoms with Crippen LogP contribution in [0.2, 0.25) is 0 Å². The van der Waals surface area contributed by atoms with Crippen molar-refractivity contribution in [2.75, 3.05) is 11.9 Å². The number of esters is 1. The van der Waals surface area contributed by atoms with E-state index in [1.165, 1.54) is 0 Å². The maximum absolute atomic E-state index is 11.9. The monoisotopic (exact) mass is 376 g/mol. The molecule has 0 radical (unpaired) electrons. The van der Waals surface area contributed by atoms with Crippen molar-refractivity contribution < 1.29 is 9.53 Å². The normalized spacial score (nSPS) is 11.1. The Morgan fingerprint density at radius 1 is 1.25 bits per heavy atom. The van der Waals surface area contributed by atoms with Crippen molar-refractivity contribution in [3.05, 3.63) is 66.1 Å². The number of guanidine groups is 1. The predicted octanol–water partition coefficient (Wildman–Crippen LogP) is 3.08. The second-order valence-electron chi connectivity index (χ2n) is 5.86. The highest BCUT2D eigenvalue weighted by atomic mass is 16.5. The number of nitrogens with zero attached hydrogens (tertiary/aromatic N) is 4. The number of ether oxygens (including phenoxy) is 1. The molecule has 8 nitrogen and oxygen atoms in total. The van der Waals surface area contributed by atoms with Crippen LogP contribution in [0.3, 0.4) is 0 Å². The van der Waals surface area contributed by atoms with Gasteiger partial charge in [-0.2, -0.15) is 4.99 Å². The van der Waals surface area contributed by atoms with E-state index in [-0.39, 0.29) is 11.9 Å². The Hall–Kier alpha value is -3.81. The summed E-state index contributed by atoms with van der Waals surface area (Å²) in [5.41, 5.74) is 9.53. The number of nitrogens with two attached hydrogens (primary N) is 1. The molecule has 1 aromatic carbocycles. The molecule has 0 aliphatic rings. The number of benzene rings is 1. The van der Waals surface area contributed by atoms with Crippen LogP contribution in [-0.4, -0.2) is 33.5 Å². The Balaban J connectivity index is 1.81. The van der Waals surface area contributed by atoms with Crippen LogP contribution in [0.15, 0.2) is 60.0 Å². The van der Waals surface area contributed by atoms with Crippen LogP contribution in [0.5, 0.6) is 0 Å². The number of anilines is 1. The summed E-state index contributed by atoms with van der Waals surface area (Å²) in [6.07, 6.45) is 5.01. The minimum Gasteiger partial charge on any atom is -0.462 e. The van der Waals surface area contributed by atoms with Gasteiger partial charge in [-0.1, -0.05) is 6.07 Å². The molecule has 0 atom stereocenters. The highest BCUT2D eigenvalue weighted by molar-refractivity contribution is 5.96. The Morgan fingerprint density at radius 3 is 2.86 bits per heavy atom. The quantitative estimate of drug-likeness (QED) is 0.399. The second kappa shape index (κ2) is 8.72. The minimum atomic E-state index is -0.395. The summed E-state index contributed by atoms with van der Waals surface area (Å²) in [6, 6.07) is 10.7. The van der Waals surface area contributed by atoms with Crippen molar-refractivity contribution in [1.29, 1.82) is 0 Å². The Labute approximate surface area is 162 Å². The molecule has 0 aliphatic carbocycles. The number of nitrogens with one attached hydrogen (secondary N) is 1. The molecule has 0 saturated heterocycles. The first-order valence-electron chi connectivity index (χ1n) is 8.69. The van der Waals surface area contributed by atoms with Crippen LogP contribution in [0.25, 0.3) is 11.3 Å². The van der Waals surface area contributed by atoms with Crippen LogP contribution in [0, 0.1) is 6.92 Å². The van der Waals surface area contributed by atoms with Crippen LogP contribution >= 0.6 is 0 Å². The molecule has 0 fully saturated rings. The summed E-state index contributed by atoms with van der Waals surface area (Å²) in [7, 11) is 0. The lowest BCUT2D eigenvalue weighted by molar-refractivity contribution is 0.0526. The molecule has 28 heavy (non-hydrogen) atoms. The third-order valence-corrected chi connectivity index (χ3v) is 3.83. The van der Waals surface area contributed by atoms with Crippen LogP contribution in [0.4, 0.5) is 11.6 Å². The molecule has 0 unspecified atom stereocenters. The number of hydrogen-bond acceptors (Lipinski definition) is 6. The first-order valence-corrected chi connectivity index (χ1v) is 8.69. The molecule has 3 N–H and O–H groups in total. The fourth-order valence-electron chi connectivity index (χ4n) is 2.45. The van der Waals surface area contributed by atoms with Gasteiger partial charge in [0, 0.05) is 29.8 Å². The van der Waals surface area contributed by atoms with Gasteiger partial charge in [0.1, 0.15) is 0 Å². The molecule has 0 amide bonds. The molecule has 3 rings (SSSR count). The molecular weight excluding hydrogens is 356 g/mol. The lowest BCUT2D eigenvalue weighted by Crippen LogP contribution is -2.23. The largest absolute Gasteiger partial charge is 0.462 e. The summed E-state index contributed by atoms with van der Waals surface area (Å²) in [4.78, 5) is 28.7. The van der Waals surface area contributed by atoms with E-state index in [2.05, 4.69) is 25.3 Å². The van der Waals surface area contributed by atoms with E-state index in [9.17, 15) is 4.79 Å². The SMILES string of the molecule is CCOC(=O)c1ccc(C)c(NC(N)=Nc2nccc(-c3cccnc3)n2)c1. The Kier molecular flexibility index (Phi) is 5.91. The number of hydrogen-bond donors (Lipinski definition) is 2. The number of aromatic nitrogens is 3. The minimum absolute atomic E-state index is 0.104. The fourth-order valence-corrected chi connectivity index (χ4v) is 2.45. The van der Waals surface area contributed by atoms with Gasteiger partial charge < -0.3 is 15.8 Å². The topological polar surface area (TPSA) is 115 Å². The lowest BCUT2D eigenvalue weighted by Gasteiger charge is -2.10. The van der Waals surface area contributed by atoms with Gasteiger partial charge in [0.25, 0.3) is 5.95 Å². The van der Waals surface area contributed by atoms with Crippen molar-refractivity contribution in [3.8, 4) is 11.3 Å². The van der Waals surface area contributed by atoms with E-state index in [4.69, 9.17) is 10.5 Å². The van der Waals surface area contributed by atoms with E-state index in [0.717, 1.165) is 11.1 Å². The van der Waals surface area contributed by atoms with Gasteiger partial charge in [0.05, 0.1) is 17.9 Å². The maximum Gasteiger partial charge on any atom is 0.338 e. The van der Waals surface area contributed by atoms with Crippen LogP contribution < -0.4 is 11.1 Å².